The van der Waals surface area contributed by atoms with Crippen LogP contribution in [0.3, 0.4) is 0 Å². The smallest absolute Gasteiger partial charge is 0.0348 e. The van der Waals surface area contributed by atoms with E-state index in [1.807, 2.05) is 0 Å². The van der Waals surface area contributed by atoms with E-state index in [1.54, 1.807) is 6.08 Å². The monoisotopic (exact) mass is 391 g/mol. The van der Waals surface area contributed by atoms with Crippen LogP contribution in [0.15, 0.2) is 6.08 Å². The molecule has 0 saturated heterocycles. The summed E-state index contributed by atoms with van der Waals surface area (Å²) in [4.78, 5) is 0. The maximum atomic E-state index is 5.40. The first kappa shape index (κ1) is 27.7. The Bertz CT molecular complexity index is 267. The lowest BCUT2D eigenvalue weighted by molar-refractivity contribution is 0.517. The lowest BCUT2D eigenvalue weighted by Gasteiger charge is -2.04. The van der Waals surface area contributed by atoms with Crippen molar-refractivity contribution in [2.75, 3.05) is 0 Å². The molecule has 0 spiro atoms. The van der Waals surface area contributed by atoms with Crippen molar-refractivity contribution in [3.05, 3.63) is 12.7 Å². The van der Waals surface area contributed by atoms with Crippen LogP contribution in [0.4, 0.5) is 0 Å². The molecule has 28 heavy (non-hydrogen) atoms. The first-order valence-corrected chi connectivity index (χ1v) is 13.4. The van der Waals surface area contributed by atoms with E-state index in [4.69, 9.17) is 6.58 Å². The molecule has 0 fully saturated rings. The summed E-state index contributed by atoms with van der Waals surface area (Å²) in [5.41, 5.74) is 0. The number of hydrogen-bond donors (Lipinski definition) is 0. The average Bonchev–Trinajstić information content (AvgIpc) is 2.71. The Balaban J connectivity index is 2.97. The van der Waals surface area contributed by atoms with E-state index in [9.17, 15) is 0 Å². The summed E-state index contributed by atoms with van der Waals surface area (Å²) in [6, 6.07) is 0. The molecule has 0 saturated carbocycles. The Morgan fingerprint density at radius 3 is 0.786 bits per heavy atom. The molecule has 0 aromatic rings. The number of hydrogen-bond acceptors (Lipinski definition) is 0. The van der Waals surface area contributed by atoms with Crippen LogP contribution in [0, 0.1) is 6.58 Å². The minimum Gasteiger partial charge on any atom is -0.0845 e. The van der Waals surface area contributed by atoms with Crippen molar-refractivity contribution in [1.29, 1.82) is 0 Å². The zero-order valence-electron chi connectivity index (χ0n) is 19.8. The van der Waals surface area contributed by atoms with Crippen LogP contribution < -0.4 is 0 Å². The van der Waals surface area contributed by atoms with Crippen LogP contribution >= 0.6 is 0 Å². The molecule has 0 amide bonds. The van der Waals surface area contributed by atoms with Gasteiger partial charge in [0.15, 0.2) is 0 Å². The zero-order valence-corrected chi connectivity index (χ0v) is 19.8. The van der Waals surface area contributed by atoms with Crippen molar-refractivity contribution in [3.63, 3.8) is 0 Å². The summed E-state index contributed by atoms with van der Waals surface area (Å²) in [5, 5.41) is 0. The molecule has 0 bridgehead atoms. The van der Waals surface area contributed by atoms with E-state index in [0.29, 0.717) is 0 Å². The summed E-state index contributed by atoms with van der Waals surface area (Å²) in [7, 11) is 0. The third kappa shape index (κ3) is 25.7. The summed E-state index contributed by atoms with van der Waals surface area (Å²) in [5.74, 6) is 0. The topological polar surface area (TPSA) is 0 Å². The van der Waals surface area contributed by atoms with Gasteiger partial charge >= 0.3 is 0 Å². The van der Waals surface area contributed by atoms with Gasteiger partial charge in [0, 0.05) is 0 Å². The Labute approximate surface area is 180 Å². The minimum atomic E-state index is 1.10. The van der Waals surface area contributed by atoms with E-state index in [2.05, 4.69) is 6.92 Å². The van der Waals surface area contributed by atoms with Gasteiger partial charge in [-0.05, 0) is 12.8 Å². The molecule has 0 nitrogen and oxygen atoms in total. The quantitative estimate of drug-likeness (QED) is 0.136. The molecule has 0 atom stereocenters. The SMILES string of the molecule is [CH]=CCCCCCCCCCCCCCCCCCCCCCCCCCC. The van der Waals surface area contributed by atoms with Crippen LogP contribution in [0.1, 0.15) is 167 Å². The predicted molar refractivity (Wildman–Crippen MR) is 130 cm³/mol. The molecule has 0 aromatic heterocycles. The third-order valence-electron chi connectivity index (χ3n) is 6.22. The van der Waals surface area contributed by atoms with Crippen molar-refractivity contribution in [2.45, 2.75) is 167 Å². The lowest BCUT2D eigenvalue weighted by atomic mass is 10.0. The summed E-state index contributed by atoms with van der Waals surface area (Å²) in [6.45, 7) is 7.70. The van der Waals surface area contributed by atoms with Crippen LogP contribution in [-0.4, -0.2) is 0 Å². The van der Waals surface area contributed by atoms with Crippen LogP contribution in [0.25, 0.3) is 0 Å². The molecule has 0 heterocycles. The van der Waals surface area contributed by atoms with Gasteiger partial charge in [-0.15, -0.1) is 0 Å². The molecular formula is C28H55. The predicted octanol–water partition coefficient (Wildman–Crippen LogP) is 10.7. The van der Waals surface area contributed by atoms with Crippen molar-refractivity contribution in [3.8, 4) is 0 Å². The molecule has 0 rings (SSSR count). The van der Waals surface area contributed by atoms with Gasteiger partial charge in [-0.1, -0.05) is 167 Å². The van der Waals surface area contributed by atoms with Crippen molar-refractivity contribution in [1.82, 2.24) is 0 Å². The second-order valence-corrected chi connectivity index (χ2v) is 9.16. The minimum absolute atomic E-state index is 1.10. The molecule has 0 heteroatoms. The summed E-state index contributed by atoms with van der Waals surface area (Å²) < 4.78 is 0. The highest BCUT2D eigenvalue weighted by Gasteiger charge is 1.96. The van der Waals surface area contributed by atoms with E-state index >= 15 is 0 Å². The van der Waals surface area contributed by atoms with Gasteiger partial charge in [0.05, 0.1) is 0 Å². The first-order valence-electron chi connectivity index (χ1n) is 13.4. The second kappa shape index (κ2) is 26.7. The average molecular weight is 392 g/mol. The van der Waals surface area contributed by atoms with E-state index in [0.717, 1.165) is 6.42 Å². The van der Waals surface area contributed by atoms with Gasteiger partial charge in [-0.2, -0.15) is 0 Å². The molecule has 0 aliphatic heterocycles. The molecule has 0 aromatic carbocycles. The Kier molecular flexibility index (Phi) is 26.5. The highest BCUT2D eigenvalue weighted by Crippen LogP contribution is 2.15. The number of rotatable bonds is 25. The fraction of sp³-hybridized carbons (Fsp3) is 0.929. The Morgan fingerprint density at radius 1 is 0.357 bits per heavy atom. The Morgan fingerprint density at radius 2 is 0.571 bits per heavy atom. The first-order chi connectivity index (χ1) is 13.9. The standard InChI is InChI=1S/C28H55/c1-3-5-7-9-11-13-15-17-19-21-23-25-27-28-26-24-22-20-18-16-14-12-10-8-6-4-2/h1,3H,4-28H2,2H3. The Hall–Kier alpha value is -0.260. The molecule has 0 N–H and O–H groups in total. The van der Waals surface area contributed by atoms with Crippen LogP contribution in [0.5, 0.6) is 0 Å². The second-order valence-electron chi connectivity index (χ2n) is 9.16. The maximum Gasteiger partial charge on any atom is -0.0348 e. The van der Waals surface area contributed by atoms with Crippen molar-refractivity contribution in [2.24, 2.45) is 0 Å². The van der Waals surface area contributed by atoms with E-state index in [-0.39, 0.29) is 0 Å². The van der Waals surface area contributed by atoms with Gasteiger partial charge < -0.3 is 0 Å². The van der Waals surface area contributed by atoms with Gasteiger partial charge in [0.1, 0.15) is 0 Å². The lowest BCUT2D eigenvalue weighted by Crippen LogP contribution is -1.84. The summed E-state index contributed by atoms with van der Waals surface area (Å²) >= 11 is 0. The van der Waals surface area contributed by atoms with Crippen molar-refractivity contribution >= 4 is 0 Å². The van der Waals surface area contributed by atoms with Crippen molar-refractivity contribution < 1.29 is 0 Å². The largest absolute Gasteiger partial charge is 0.0845 e. The highest BCUT2D eigenvalue weighted by atomic mass is 14.0. The number of unbranched alkanes of at least 4 members (excludes halogenated alkanes) is 24. The molecule has 0 unspecified atom stereocenters. The summed E-state index contributed by atoms with van der Waals surface area (Å²) in [6.07, 6.45) is 37.8. The van der Waals surface area contributed by atoms with Crippen LogP contribution in [0.2, 0.25) is 0 Å². The molecule has 0 aliphatic rings. The maximum absolute atomic E-state index is 5.40. The molecular weight excluding hydrogens is 336 g/mol. The van der Waals surface area contributed by atoms with Gasteiger partial charge in [-0.3, -0.25) is 0 Å². The molecule has 167 valence electrons. The van der Waals surface area contributed by atoms with Gasteiger partial charge in [0.25, 0.3) is 0 Å². The highest BCUT2D eigenvalue weighted by molar-refractivity contribution is 4.61. The third-order valence-corrected chi connectivity index (χ3v) is 6.22. The normalized spacial score (nSPS) is 11.2. The van der Waals surface area contributed by atoms with E-state index in [1.165, 1.54) is 154 Å². The molecule has 0 aliphatic carbocycles. The fourth-order valence-corrected chi connectivity index (χ4v) is 4.22. The zero-order chi connectivity index (χ0) is 20.4. The fourth-order valence-electron chi connectivity index (χ4n) is 4.22. The van der Waals surface area contributed by atoms with E-state index < -0.39 is 0 Å². The van der Waals surface area contributed by atoms with Gasteiger partial charge in [0.2, 0.25) is 0 Å². The van der Waals surface area contributed by atoms with Crippen LogP contribution in [-0.2, 0) is 0 Å². The van der Waals surface area contributed by atoms with Gasteiger partial charge in [-0.25, -0.2) is 0 Å². The number of allylic oxidation sites excluding steroid dienone is 1. The molecule has 1 radical (unpaired) electrons.